The van der Waals surface area contributed by atoms with Gasteiger partial charge in [0.05, 0.1) is 28.9 Å². The lowest BCUT2D eigenvalue weighted by molar-refractivity contribution is 0.100. The van der Waals surface area contributed by atoms with Crippen LogP contribution in [0.3, 0.4) is 0 Å². The number of fused-ring (bicyclic) bond motifs is 1. The SMILES string of the molecule is COc1cc(-c2c(C(=O)c3cc4ccccc4o3)c(O)c(O)n2-c2nc(C)c(C(C)=O)s2)ccc1OCc1ccccc1. The van der Waals surface area contributed by atoms with Gasteiger partial charge in [-0.3, -0.25) is 14.2 Å². The number of ether oxygens (including phenoxy) is 2. The molecule has 0 fully saturated rings. The fourth-order valence-electron chi connectivity index (χ4n) is 4.91. The molecule has 2 N–H and O–H groups in total. The number of aryl methyl sites for hydroxylation is 1. The summed E-state index contributed by atoms with van der Waals surface area (Å²) in [5.74, 6) is -1.31. The predicted molar refractivity (Wildman–Crippen MR) is 162 cm³/mol. The highest BCUT2D eigenvalue weighted by atomic mass is 32.1. The van der Waals surface area contributed by atoms with Crippen LogP contribution in [0, 0.1) is 6.92 Å². The molecule has 0 aliphatic heterocycles. The highest BCUT2D eigenvalue weighted by molar-refractivity contribution is 7.16. The molecule has 0 saturated heterocycles. The number of thiazole rings is 1. The van der Waals surface area contributed by atoms with Crippen LogP contribution in [0.15, 0.2) is 83.3 Å². The van der Waals surface area contributed by atoms with Crippen LogP contribution < -0.4 is 9.47 Å². The molecule has 3 aromatic carbocycles. The van der Waals surface area contributed by atoms with Crippen molar-refractivity contribution >= 4 is 33.9 Å². The molecule has 0 saturated carbocycles. The van der Waals surface area contributed by atoms with Crippen molar-refractivity contribution in [2.45, 2.75) is 20.5 Å². The number of aromatic hydroxyl groups is 2. The first-order valence-corrected chi connectivity index (χ1v) is 14.1. The van der Waals surface area contributed by atoms with Gasteiger partial charge >= 0.3 is 0 Å². The van der Waals surface area contributed by atoms with Crippen molar-refractivity contribution in [2.75, 3.05) is 7.11 Å². The van der Waals surface area contributed by atoms with Crippen LogP contribution in [0.2, 0.25) is 0 Å². The number of para-hydroxylation sites is 1. The van der Waals surface area contributed by atoms with E-state index in [1.54, 1.807) is 49.4 Å². The van der Waals surface area contributed by atoms with Gasteiger partial charge in [-0.15, -0.1) is 0 Å². The Labute approximate surface area is 250 Å². The maximum Gasteiger partial charge on any atom is 0.242 e. The van der Waals surface area contributed by atoms with E-state index in [4.69, 9.17) is 13.9 Å². The molecule has 3 aromatic heterocycles. The maximum atomic E-state index is 14.0. The third-order valence-electron chi connectivity index (χ3n) is 6.97. The summed E-state index contributed by atoms with van der Waals surface area (Å²) >= 11 is 1.04. The van der Waals surface area contributed by atoms with Gasteiger partial charge in [0, 0.05) is 17.9 Å². The third kappa shape index (κ3) is 5.02. The first-order valence-electron chi connectivity index (χ1n) is 13.3. The molecule has 0 bridgehead atoms. The molecule has 43 heavy (non-hydrogen) atoms. The normalized spacial score (nSPS) is 11.1. The Morgan fingerprint density at radius 1 is 0.977 bits per heavy atom. The summed E-state index contributed by atoms with van der Waals surface area (Å²) in [7, 11) is 1.49. The second-order valence-corrected chi connectivity index (χ2v) is 10.8. The number of hydrogen-bond donors (Lipinski definition) is 2. The molecule has 0 atom stereocenters. The lowest BCUT2D eigenvalue weighted by atomic mass is 10.0. The van der Waals surface area contributed by atoms with Crippen LogP contribution in [-0.2, 0) is 6.61 Å². The summed E-state index contributed by atoms with van der Waals surface area (Å²) < 4.78 is 18.7. The highest BCUT2D eigenvalue weighted by Crippen LogP contribution is 2.46. The number of carbonyl (C=O) groups excluding carboxylic acids is 2. The molecule has 6 rings (SSSR count). The number of methoxy groups -OCH3 is 1. The van der Waals surface area contributed by atoms with E-state index in [0.29, 0.717) is 45.2 Å². The number of aromatic nitrogens is 2. The van der Waals surface area contributed by atoms with Crippen molar-refractivity contribution in [1.82, 2.24) is 9.55 Å². The average Bonchev–Trinajstić information content (AvgIpc) is 3.70. The van der Waals surface area contributed by atoms with Gasteiger partial charge in [0.25, 0.3) is 0 Å². The van der Waals surface area contributed by atoms with Crippen molar-refractivity contribution in [3.63, 3.8) is 0 Å². The minimum atomic E-state index is -0.652. The lowest BCUT2D eigenvalue weighted by Gasteiger charge is -2.14. The minimum absolute atomic E-state index is 0.0237. The summed E-state index contributed by atoms with van der Waals surface area (Å²) in [4.78, 5) is 31.1. The Kier molecular flexibility index (Phi) is 7.21. The van der Waals surface area contributed by atoms with Crippen LogP contribution in [-0.4, -0.2) is 38.4 Å². The van der Waals surface area contributed by atoms with Crippen LogP contribution in [0.5, 0.6) is 23.1 Å². The van der Waals surface area contributed by atoms with Crippen LogP contribution in [0.1, 0.15) is 44.0 Å². The van der Waals surface area contributed by atoms with E-state index in [1.165, 1.54) is 18.6 Å². The van der Waals surface area contributed by atoms with Gasteiger partial charge in [-0.2, -0.15) is 0 Å². The number of benzene rings is 3. The Balaban J connectivity index is 1.52. The summed E-state index contributed by atoms with van der Waals surface area (Å²) in [6.45, 7) is 3.41. The second-order valence-electron chi connectivity index (χ2n) is 9.82. The largest absolute Gasteiger partial charge is 0.503 e. The first kappa shape index (κ1) is 27.8. The molecular weight excluding hydrogens is 568 g/mol. The number of rotatable bonds is 9. The molecule has 216 valence electrons. The molecule has 0 aliphatic carbocycles. The van der Waals surface area contributed by atoms with Crippen molar-refractivity contribution < 1.29 is 33.7 Å². The Bertz CT molecular complexity index is 1970. The molecule has 3 heterocycles. The standard InChI is InChI=1S/C33H26N2O7S/c1-18-31(19(2)36)43-33(34-18)35-28(22-13-14-24(25(16-22)40-3)41-17-20-9-5-4-6-10-20)27(30(38)32(35)39)29(37)26-15-21-11-7-8-12-23(21)42-26/h4-16,38-39H,17H2,1-3H3. The molecule has 0 radical (unpaired) electrons. The van der Waals surface area contributed by atoms with E-state index in [0.717, 1.165) is 16.9 Å². The van der Waals surface area contributed by atoms with Gasteiger partial charge in [0.2, 0.25) is 11.7 Å². The second kappa shape index (κ2) is 11.1. The van der Waals surface area contributed by atoms with E-state index in [1.807, 2.05) is 36.4 Å². The van der Waals surface area contributed by atoms with E-state index in [-0.39, 0.29) is 27.9 Å². The van der Waals surface area contributed by atoms with Crippen LogP contribution in [0.4, 0.5) is 0 Å². The maximum absolute atomic E-state index is 14.0. The summed E-state index contributed by atoms with van der Waals surface area (Å²) in [5.41, 5.74) is 2.27. The number of hydrogen-bond acceptors (Lipinski definition) is 9. The van der Waals surface area contributed by atoms with Gasteiger partial charge < -0.3 is 24.1 Å². The van der Waals surface area contributed by atoms with Gasteiger partial charge in [-0.25, -0.2) is 4.98 Å². The quantitative estimate of drug-likeness (QED) is 0.170. The zero-order chi connectivity index (χ0) is 30.2. The zero-order valence-electron chi connectivity index (χ0n) is 23.5. The Morgan fingerprint density at radius 3 is 2.42 bits per heavy atom. The topological polar surface area (TPSA) is 124 Å². The van der Waals surface area contributed by atoms with Crippen molar-refractivity contribution in [1.29, 1.82) is 0 Å². The van der Waals surface area contributed by atoms with Gasteiger partial charge in [0.1, 0.15) is 12.2 Å². The van der Waals surface area contributed by atoms with Crippen molar-refractivity contribution in [2.24, 2.45) is 0 Å². The average molecular weight is 595 g/mol. The Hall–Kier alpha value is -5.35. The van der Waals surface area contributed by atoms with E-state index in [9.17, 15) is 19.8 Å². The lowest BCUT2D eigenvalue weighted by Crippen LogP contribution is -2.04. The number of furan rings is 1. The zero-order valence-corrected chi connectivity index (χ0v) is 24.3. The van der Waals surface area contributed by atoms with E-state index in [2.05, 4.69) is 4.98 Å². The number of nitrogens with zero attached hydrogens (tertiary/aromatic N) is 2. The van der Waals surface area contributed by atoms with Gasteiger partial charge in [0.15, 0.2) is 33.9 Å². The van der Waals surface area contributed by atoms with Gasteiger partial charge in [-0.05, 0) is 42.8 Å². The van der Waals surface area contributed by atoms with Crippen molar-refractivity contribution in [3.05, 3.63) is 106 Å². The van der Waals surface area contributed by atoms with E-state index >= 15 is 0 Å². The summed E-state index contributed by atoms with van der Waals surface area (Å²) in [6, 6.07) is 23.4. The summed E-state index contributed by atoms with van der Waals surface area (Å²) in [6.07, 6.45) is 0. The highest BCUT2D eigenvalue weighted by Gasteiger charge is 2.33. The molecule has 6 aromatic rings. The summed E-state index contributed by atoms with van der Waals surface area (Å²) in [5, 5.41) is 23.4. The fourth-order valence-corrected chi connectivity index (χ4v) is 5.88. The number of ketones is 2. The molecular formula is C33H26N2O7S. The predicted octanol–water partition coefficient (Wildman–Crippen LogP) is 7.09. The van der Waals surface area contributed by atoms with Crippen LogP contribution in [0.25, 0.3) is 27.4 Å². The first-order chi connectivity index (χ1) is 20.8. The Morgan fingerprint density at radius 2 is 1.72 bits per heavy atom. The number of carbonyl (C=O) groups is 2. The van der Waals surface area contributed by atoms with Crippen molar-refractivity contribution in [3.8, 4) is 39.5 Å². The molecule has 0 aliphatic rings. The van der Waals surface area contributed by atoms with Gasteiger partial charge in [-0.1, -0.05) is 59.9 Å². The monoisotopic (exact) mass is 594 g/mol. The third-order valence-corrected chi connectivity index (χ3v) is 8.21. The fraction of sp³-hybridized carbons (Fsp3) is 0.121. The molecule has 0 unspecified atom stereocenters. The number of Topliss-reactive ketones (excluding diaryl/α,β-unsaturated/α-hetero) is 1. The van der Waals surface area contributed by atoms with Crippen LogP contribution >= 0.6 is 11.3 Å². The molecule has 0 amide bonds. The smallest absolute Gasteiger partial charge is 0.242 e. The molecule has 10 heteroatoms. The minimum Gasteiger partial charge on any atom is -0.503 e. The molecule has 9 nitrogen and oxygen atoms in total. The molecule has 0 spiro atoms. The van der Waals surface area contributed by atoms with E-state index < -0.39 is 17.4 Å².